The number of anilines is 2. The van der Waals surface area contributed by atoms with Crippen LogP contribution in [-0.4, -0.2) is 16.0 Å². The Balaban J connectivity index is 2.03. The van der Waals surface area contributed by atoms with Gasteiger partial charge in [0.15, 0.2) is 11.0 Å². The molecular weight excluding hydrogens is 240 g/mol. The number of halogens is 1. The molecule has 1 atom stereocenters. The van der Waals surface area contributed by atoms with Gasteiger partial charge in [0.2, 0.25) is 0 Å². The van der Waals surface area contributed by atoms with E-state index in [-0.39, 0.29) is 11.2 Å². The zero-order chi connectivity index (χ0) is 12.3. The predicted octanol–water partition coefficient (Wildman–Crippen LogP) is 2.35. The molecule has 2 aromatic rings. The quantitative estimate of drug-likeness (QED) is 0.817. The lowest BCUT2D eigenvalue weighted by Gasteiger charge is -2.14. The van der Waals surface area contributed by atoms with Gasteiger partial charge in [0, 0.05) is 12.5 Å². The van der Waals surface area contributed by atoms with Crippen LogP contribution in [0.5, 0.6) is 0 Å². The van der Waals surface area contributed by atoms with Crippen molar-refractivity contribution in [3.63, 3.8) is 0 Å². The van der Waals surface area contributed by atoms with Gasteiger partial charge in [-0.1, -0.05) is 11.6 Å². The molecule has 0 spiro atoms. The maximum Gasteiger partial charge on any atom is 0.157 e. The number of nitrogens with two attached hydrogens (primary N) is 1. The summed E-state index contributed by atoms with van der Waals surface area (Å²) in [5.41, 5.74) is 6.12. The molecule has 17 heavy (non-hydrogen) atoms. The van der Waals surface area contributed by atoms with E-state index in [0.717, 1.165) is 12.2 Å². The molecule has 0 radical (unpaired) electrons. The molecule has 0 amide bonds. The summed E-state index contributed by atoms with van der Waals surface area (Å²) in [5, 5.41) is 3.43. The van der Waals surface area contributed by atoms with Gasteiger partial charge < -0.3 is 15.5 Å². The first-order chi connectivity index (χ1) is 8.16. The SMILES string of the molecule is CC(Cc1ccco1)Nc1ncnc(Cl)c1N. The zero-order valence-corrected chi connectivity index (χ0v) is 10.1. The van der Waals surface area contributed by atoms with Crippen LogP contribution in [-0.2, 0) is 6.42 Å². The van der Waals surface area contributed by atoms with E-state index in [4.69, 9.17) is 21.8 Å². The van der Waals surface area contributed by atoms with Crippen molar-refractivity contribution in [2.24, 2.45) is 0 Å². The summed E-state index contributed by atoms with van der Waals surface area (Å²) < 4.78 is 5.27. The lowest BCUT2D eigenvalue weighted by Crippen LogP contribution is -2.19. The van der Waals surface area contributed by atoms with Crippen LogP contribution in [0.3, 0.4) is 0 Å². The third kappa shape index (κ3) is 2.88. The minimum atomic E-state index is 0.134. The van der Waals surface area contributed by atoms with Crippen LogP contribution in [0.4, 0.5) is 11.5 Å². The first kappa shape index (κ1) is 11.7. The normalized spacial score (nSPS) is 12.4. The maximum absolute atomic E-state index is 5.81. The summed E-state index contributed by atoms with van der Waals surface area (Å²) in [6, 6.07) is 3.92. The van der Waals surface area contributed by atoms with Crippen molar-refractivity contribution in [3.8, 4) is 0 Å². The maximum atomic E-state index is 5.81. The number of nitrogens with one attached hydrogen (secondary N) is 1. The molecule has 0 saturated heterocycles. The Bertz CT molecular complexity index is 486. The summed E-state index contributed by atoms with van der Waals surface area (Å²) >= 11 is 5.81. The second-order valence-electron chi connectivity index (χ2n) is 3.76. The first-order valence-electron chi connectivity index (χ1n) is 5.21. The molecule has 0 bridgehead atoms. The molecule has 0 fully saturated rings. The molecule has 1 unspecified atom stereocenters. The Morgan fingerprint density at radius 3 is 3.06 bits per heavy atom. The van der Waals surface area contributed by atoms with Gasteiger partial charge in [-0.05, 0) is 19.1 Å². The Labute approximate surface area is 104 Å². The third-order valence-corrected chi connectivity index (χ3v) is 2.61. The van der Waals surface area contributed by atoms with Crippen molar-refractivity contribution in [2.75, 3.05) is 11.1 Å². The molecule has 0 aromatic carbocycles. The Kier molecular flexibility index (Phi) is 3.49. The molecule has 2 rings (SSSR count). The number of aromatic nitrogens is 2. The molecule has 0 saturated carbocycles. The van der Waals surface area contributed by atoms with Crippen LogP contribution in [0.2, 0.25) is 5.15 Å². The minimum Gasteiger partial charge on any atom is -0.469 e. The summed E-state index contributed by atoms with van der Waals surface area (Å²) in [6.07, 6.45) is 3.77. The fraction of sp³-hybridized carbons (Fsp3) is 0.273. The molecule has 0 aliphatic carbocycles. The minimum absolute atomic E-state index is 0.134. The summed E-state index contributed by atoms with van der Waals surface area (Å²) in [7, 11) is 0. The highest BCUT2D eigenvalue weighted by molar-refractivity contribution is 6.32. The van der Waals surface area contributed by atoms with Gasteiger partial charge in [0.25, 0.3) is 0 Å². The van der Waals surface area contributed by atoms with Crippen LogP contribution in [0.1, 0.15) is 12.7 Å². The smallest absolute Gasteiger partial charge is 0.157 e. The number of hydrogen-bond donors (Lipinski definition) is 2. The molecule has 2 aromatic heterocycles. The third-order valence-electron chi connectivity index (χ3n) is 2.31. The van der Waals surface area contributed by atoms with Gasteiger partial charge in [-0.3, -0.25) is 0 Å². The molecule has 90 valence electrons. The van der Waals surface area contributed by atoms with Crippen LogP contribution in [0.25, 0.3) is 0 Å². The van der Waals surface area contributed by atoms with Crippen molar-refractivity contribution in [2.45, 2.75) is 19.4 Å². The first-order valence-corrected chi connectivity index (χ1v) is 5.59. The van der Waals surface area contributed by atoms with Gasteiger partial charge in [-0.2, -0.15) is 0 Å². The van der Waals surface area contributed by atoms with E-state index in [2.05, 4.69) is 15.3 Å². The Morgan fingerprint density at radius 1 is 1.53 bits per heavy atom. The van der Waals surface area contributed by atoms with Crippen molar-refractivity contribution >= 4 is 23.1 Å². The van der Waals surface area contributed by atoms with Gasteiger partial charge in [0.05, 0.1) is 6.26 Å². The zero-order valence-electron chi connectivity index (χ0n) is 9.35. The molecule has 3 N–H and O–H groups in total. The largest absolute Gasteiger partial charge is 0.469 e. The van der Waals surface area contributed by atoms with Gasteiger partial charge in [-0.25, -0.2) is 9.97 Å². The van der Waals surface area contributed by atoms with E-state index >= 15 is 0 Å². The van der Waals surface area contributed by atoms with Crippen molar-refractivity contribution in [1.29, 1.82) is 0 Å². The average Bonchev–Trinajstić information content (AvgIpc) is 2.77. The van der Waals surface area contributed by atoms with E-state index in [1.165, 1.54) is 6.33 Å². The standard InChI is InChI=1S/C11H13ClN4O/c1-7(5-8-3-2-4-17-8)16-11-9(13)10(12)14-6-15-11/h2-4,6-7H,5,13H2,1H3,(H,14,15,16). The monoisotopic (exact) mass is 252 g/mol. The van der Waals surface area contributed by atoms with Gasteiger partial charge in [-0.15, -0.1) is 0 Å². The fourth-order valence-electron chi connectivity index (χ4n) is 1.50. The molecular formula is C11H13ClN4O. The van der Waals surface area contributed by atoms with E-state index in [0.29, 0.717) is 11.5 Å². The lowest BCUT2D eigenvalue weighted by atomic mass is 10.2. The van der Waals surface area contributed by atoms with Gasteiger partial charge in [0.1, 0.15) is 17.8 Å². The van der Waals surface area contributed by atoms with E-state index < -0.39 is 0 Å². The highest BCUT2D eigenvalue weighted by Crippen LogP contribution is 2.22. The number of nitrogens with zero attached hydrogens (tertiary/aromatic N) is 2. The van der Waals surface area contributed by atoms with E-state index in [1.807, 2.05) is 19.1 Å². The molecule has 2 heterocycles. The van der Waals surface area contributed by atoms with Crippen molar-refractivity contribution in [1.82, 2.24) is 9.97 Å². The highest BCUT2D eigenvalue weighted by Gasteiger charge is 2.10. The van der Waals surface area contributed by atoms with Crippen LogP contribution in [0, 0.1) is 0 Å². The number of nitrogen functional groups attached to an aromatic ring is 1. The highest BCUT2D eigenvalue weighted by atomic mass is 35.5. The van der Waals surface area contributed by atoms with Crippen molar-refractivity contribution < 1.29 is 4.42 Å². The number of rotatable bonds is 4. The topological polar surface area (TPSA) is 77.0 Å². The average molecular weight is 253 g/mol. The molecule has 6 heteroatoms. The Hall–Kier alpha value is -1.75. The second-order valence-corrected chi connectivity index (χ2v) is 4.11. The lowest BCUT2D eigenvalue weighted by molar-refractivity contribution is 0.497. The van der Waals surface area contributed by atoms with Crippen LogP contribution < -0.4 is 11.1 Å². The number of furan rings is 1. The van der Waals surface area contributed by atoms with Crippen LogP contribution in [0.15, 0.2) is 29.1 Å². The second kappa shape index (κ2) is 5.05. The summed E-state index contributed by atoms with van der Waals surface area (Å²) in [6.45, 7) is 2.01. The number of hydrogen-bond acceptors (Lipinski definition) is 5. The molecule has 0 aliphatic rings. The predicted molar refractivity (Wildman–Crippen MR) is 67.0 cm³/mol. The summed E-state index contributed by atoms with van der Waals surface area (Å²) in [4.78, 5) is 7.84. The van der Waals surface area contributed by atoms with E-state index in [9.17, 15) is 0 Å². The molecule has 5 nitrogen and oxygen atoms in total. The van der Waals surface area contributed by atoms with Gasteiger partial charge >= 0.3 is 0 Å². The van der Waals surface area contributed by atoms with E-state index in [1.54, 1.807) is 6.26 Å². The fourth-order valence-corrected chi connectivity index (χ4v) is 1.64. The Morgan fingerprint density at radius 2 is 2.35 bits per heavy atom. The summed E-state index contributed by atoms with van der Waals surface area (Å²) in [5.74, 6) is 1.45. The van der Waals surface area contributed by atoms with Crippen molar-refractivity contribution in [3.05, 3.63) is 35.6 Å². The molecule has 0 aliphatic heterocycles. The van der Waals surface area contributed by atoms with Crippen LogP contribution >= 0.6 is 11.6 Å².